The molecule has 2 aromatic carbocycles. The van der Waals surface area contributed by atoms with E-state index in [9.17, 15) is 5.11 Å². The number of aliphatic hydroxyl groups excluding tert-OH is 1. The lowest BCUT2D eigenvalue weighted by Gasteiger charge is -2.43. The summed E-state index contributed by atoms with van der Waals surface area (Å²) in [6.07, 6.45) is -0.473. The molecule has 0 fully saturated rings. The number of rotatable bonds is 5. The van der Waals surface area contributed by atoms with Crippen LogP contribution in [0.15, 0.2) is 54.6 Å². The van der Waals surface area contributed by atoms with Gasteiger partial charge in [0.05, 0.1) is 23.5 Å². The van der Waals surface area contributed by atoms with Gasteiger partial charge in [0.15, 0.2) is 0 Å². The van der Waals surface area contributed by atoms with E-state index >= 15 is 0 Å². The van der Waals surface area contributed by atoms with E-state index in [1.54, 1.807) is 0 Å². The van der Waals surface area contributed by atoms with Gasteiger partial charge in [-0.05, 0) is 24.7 Å². The molecule has 0 aliphatic carbocycles. The molecule has 0 saturated heterocycles. The van der Waals surface area contributed by atoms with E-state index in [-0.39, 0.29) is 18.4 Å². The Morgan fingerprint density at radius 1 is 1.00 bits per heavy atom. The molecule has 130 valence electrons. The number of halogens is 1. The van der Waals surface area contributed by atoms with E-state index < -0.39 is 6.10 Å². The Hall–Kier alpha value is -1.75. The highest BCUT2D eigenvalue weighted by atomic mass is 35.5. The van der Waals surface area contributed by atoms with Crippen LogP contribution in [0.1, 0.15) is 11.6 Å². The maximum absolute atomic E-state index is 10.8. The lowest BCUT2D eigenvalue weighted by molar-refractivity contribution is 0.140. The third kappa shape index (κ3) is 3.66. The predicted octanol–water partition coefficient (Wildman–Crippen LogP) is 2.69. The van der Waals surface area contributed by atoms with Gasteiger partial charge in [0.25, 0.3) is 0 Å². The number of aliphatic hydroxyl groups is 1. The van der Waals surface area contributed by atoms with Gasteiger partial charge in [-0.3, -0.25) is 0 Å². The lowest BCUT2D eigenvalue weighted by atomic mass is 9.97. The zero-order valence-corrected chi connectivity index (χ0v) is 15.0. The van der Waals surface area contributed by atoms with Gasteiger partial charge in [0.1, 0.15) is 0 Å². The largest absolute Gasteiger partial charge is 0.389 e. The van der Waals surface area contributed by atoms with Crippen molar-refractivity contribution in [3.05, 3.63) is 60.2 Å². The van der Waals surface area contributed by atoms with Crippen molar-refractivity contribution in [3.8, 4) is 0 Å². The van der Waals surface area contributed by atoms with Crippen molar-refractivity contribution in [1.29, 1.82) is 0 Å². The molecular formula is C19H26ClN3O. The van der Waals surface area contributed by atoms with Crippen molar-refractivity contribution >= 4 is 23.8 Å². The Morgan fingerprint density at radius 2 is 1.62 bits per heavy atom. The summed E-state index contributed by atoms with van der Waals surface area (Å²) in [5, 5.41) is 13.9. The summed E-state index contributed by atoms with van der Waals surface area (Å²) >= 11 is 0. The fourth-order valence-electron chi connectivity index (χ4n) is 3.40. The summed E-state index contributed by atoms with van der Waals surface area (Å²) in [7, 11) is 4.00. The maximum atomic E-state index is 10.8. The van der Waals surface area contributed by atoms with Crippen molar-refractivity contribution in [2.75, 3.05) is 43.5 Å². The smallest absolute Gasteiger partial charge is 0.0909 e. The fourth-order valence-corrected chi connectivity index (χ4v) is 3.40. The molecule has 2 unspecified atom stereocenters. The third-order valence-electron chi connectivity index (χ3n) is 4.53. The highest BCUT2D eigenvalue weighted by molar-refractivity contribution is 5.85. The first kappa shape index (κ1) is 18.6. The van der Waals surface area contributed by atoms with Gasteiger partial charge in [-0.2, -0.15) is 0 Å². The molecule has 0 spiro atoms. The molecule has 2 aromatic rings. The van der Waals surface area contributed by atoms with Crippen LogP contribution in [0, 0.1) is 0 Å². The molecule has 0 aromatic heterocycles. The van der Waals surface area contributed by atoms with Gasteiger partial charge in [-0.1, -0.05) is 42.5 Å². The third-order valence-corrected chi connectivity index (χ3v) is 4.53. The van der Waals surface area contributed by atoms with Crippen LogP contribution in [0.3, 0.4) is 0 Å². The van der Waals surface area contributed by atoms with Gasteiger partial charge in [0, 0.05) is 26.7 Å². The predicted molar refractivity (Wildman–Crippen MR) is 103 cm³/mol. The van der Waals surface area contributed by atoms with E-state index in [0.29, 0.717) is 6.54 Å². The summed E-state index contributed by atoms with van der Waals surface area (Å²) in [4.78, 5) is 4.62. The molecule has 0 bridgehead atoms. The first-order valence-corrected chi connectivity index (χ1v) is 8.17. The number of nitrogens with one attached hydrogen (secondary N) is 1. The number of benzene rings is 2. The number of nitrogens with zero attached hydrogens (tertiary/aromatic N) is 2. The molecule has 3 rings (SSSR count). The molecule has 1 aliphatic heterocycles. The summed E-state index contributed by atoms with van der Waals surface area (Å²) in [5.41, 5.74) is 3.55. The number of hydrogen-bond acceptors (Lipinski definition) is 4. The second-order valence-electron chi connectivity index (χ2n) is 6.08. The standard InChI is InChI=1S/C19H25N3O.ClH/c1-20-14-18(23)19(15-8-4-3-5-9-15)22-13-12-21(2)16-10-6-7-11-17(16)22;/h3-11,18-20,23H,12-14H2,1-2H3;1H. The van der Waals surface area contributed by atoms with Gasteiger partial charge in [-0.25, -0.2) is 0 Å². The second kappa shape index (κ2) is 8.38. The minimum Gasteiger partial charge on any atom is -0.389 e. The SMILES string of the molecule is CNCC(O)C(c1ccccc1)N1CCN(C)c2ccccc21.Cl. The van der Waals surface area contributed by atoms with Crippen LogP contribution in [0.4, 0.5) is 11.4 Å². The average molecular weight is 348 g/mol. The van der Waals surface area contributed by atoms with Gasteiger partial charge in [-0.15, -0.1) is 12.4 Å². The molecule has 0 amide bonds. The number of hydrogen-bond donors (Lipinski definition) is 2. The number of fused-ring (bicyclic) bond motifs is 1. The monoisotopic (exact) mass is 347 g/mol. The average Bonchev–Trinajstić information content (AvgIpc) is 2.59. The van der Waals surface area contributed by atoms with Crippen LogP contribution in [0.5, 0.6) is 0 Å². The quantitative estimate of drug-likeness (QED) is 0.872. The molecule has 2 atom stereocenters. The molecule has 5 heteroatoms. The lowest BCUT2D eigenvalue weighted by Crippen LogP contribution is -2.47. The van der Waals surface area contributed by atoms with E-state index in [1.807, 2.05) is 25.2 Å². The van der Waals surface area contributed by atoms with Gasteiger partial charge in [0.2, 0.25) is 0 Å². The van der Waals surface area contributed by atoms with E-state index in [0.717, 1.165) is 18.7 Å². The van der Waals surface area contributed by atoms with E-state index in [1.165, 1.54) is 11.4 Å². The molecule has 4 nitrogen and oxygen atoms in total. The summed E-state index contributed by atoms with van der Waals surface area (Å²) in [6, 6.07) is 18.7. The molecule has 0 saturated carbocycles. The molecule has 1 heterocycles. The Balaban J connectivity index is 0.00000208. The zero-order valence-electron chi connectivity index (χ0n) is 14.2. The highest BCUT2D eigenvalue weighted by Gasteiger charge is 2.31. The highest BCUT2D eigenvalue weighted by Crippen LogP contribution is 2.38. The molecule has 1 aliphatic rings. The van der Waals surface area contributed by atoms with Crippen molar-refractivity contribution in [2.45, 2.75) is 12.1 Å². The molecule has 2 N–H and O–H groups in total. The Morgan fingerprint density at radius 3 is 2.29 bits per heavy atom. The number of likely N-dealkylation sites (N-methyl/N-ethyl adjacent to an activating group) is 2. The Kier molecular flexibility index (Phi) is 6.49. The molecule has 0 radical (unpaired) electrons. The van der Waals surface area contributed by atoms with Crippen molar-refractivity contribution in [3.63, 3.8) is 0 Å². The Labute approximate surface area is 150 Å². The van der Waals surface area contributed by atoms with Crippen LogP contribution in [-0.2, 0) is 0 Å². The Bertz CT molecular complexity index is 638. The van der Waals surface area contributed by atoms with Crippen LogP contribution in [0.25, 0.3) is 0 Å². The van der Waals surface area contributed by atoms with Crippen LogP contribution >= 0.6 is 12.4 Å². The first-order valence-electron chi connectivity index (χ1n) is 8.17. The van der Waals surface area contributed by atoms with Gasteiger partial charge >= 0.3 is 0 Å². The molecule has 24 heavy (non-hydrogen) atoms. The first-order chi connectivity index (χ1) is 11.2. The molecular weight excluding hydrogens is 322 g/mol. The van der Waals surface area contributed by atoms with Gasteiger partial charge < -0.3 is 20.2 Å². The minimum atomic E-state index is -0.473. The van der Waals surface area contributed by atoms with Crippen molar-refractivity contribution in [1.82, 2.24) is 5.32 Å². The van der Waals surface area contributed by atoms with E-state index in [4.69, 9.17) is 0 Å². The zero-order chi connectivity index (χ0) is 16.2. The van der Waals surface area contributed by atoms with Crippen molar-refractivity contribution in [2.24, 2.45) is 0 Å². The number of para-hydroxylation sites is 2. The second-order valence-corrected chi connectivity index (χ2v) is 6.08. The normalized spacial score (nSPS) is 16.1. The summed E-state index contributed by atoms with van der Waals surface area (Å²) in [5.74, 6) is 0. The fraction of sp³-hybridized carbons (Fsp3) is 0.368. The minimum absolute atomic E-state index is 0. The van der Waals surface area contributed by atoms with Crippen molar-refractivity contribution < 1.29 is 5.11 Å². The number of anilines is 2. The maximum Gasteiger partial charge on any atom is 0.0909 e. The topological polar surface area (TPSA) is 38.7 Å². The summed E-state index contributed by atoms with van der Waals surface area (Å²) < 4.78 is 0. The van der Waals surface area contributed by atoms with Crippen LogP contribution in [-0.4, -0.2) is 44.9 Å². The van der Waals surface area contributed by atoms with Crippen LogP contribution < -0.4 is 15.1 Å². The van der Waals surface area contributed by atoms with Crippen LogP contribution in [0.2, 0.25) is 0 Å². The van der Waals surface area contributed by atoms with E-state index in [2.05, 4.69) is 58.6 Å². The summed E-state index contributed by atoms with van der Waals surface area (Å²) in [6.45, 7) is 2.41.